The highest BCUT2D eigenvalue weighted by Gasteiger charge is 2.35. The molecule has 0 atom stereocenters. The molecular formula is C23H30N7O5+. The van der Waals surface area contributed by atoms with Crippen LogP contribution < -0.4 is 15.4 Å². The van der Waals surface area contributed by atoms with Gasteiger partial charge in [-0.2, -0.15) is 9.67 Å². The minimum atomic E-state index is -0.673. The largest absolute Gasteiger partial charge is 0.477 e. The maximum absolute atomic E-state index is 13.3. The van der Waals surface area contributed by atoms with Crippen LogP contribution in [0.1, 0.15) is 54.3 Å². The molecule has 0 unspecified atom stereocenters. The van der Waals surface area contributed by atoms with Crippen LogP contribution in [0.4, 0.5) is 0 Å². The maximum atomic E-state index is 13.3. The van der Waals surface area contributed by atoms with Crippen molar-refractivity contribution in [3.05, 3.63) is 33.7 Å². The van der Waals surface area contributed by atoms with Crippen molar-refractivity contribution >= 4 is 17.5 Å². The fourth-order valence-corrected chi connectivity index (χ4v) is 4.24. The Labute approximate surface area is 200 Å². The Kier molecular flexibility index (Phi) is 5.62. The van der Waals surface area contributed by atoms with Gasteiger partial charge in [0.1, 0.15) is 5.69 Å². The van der Waals surface area contributed by atoms with E-state index in [-0.39, 0.29) is 28.8 Å². The van der Waals surface area contributed by atoms with Gasteiger partial charge in [-0.15, -0.1) is 0 Å². The second kappa shape index (κ2) is 8.52. The quantitative estimate of drug-likeness (QED) is 0.386. The molecule has 2 aliphatic rings. The van der Waals surface area contributed by atoms with Crippen molar-refractivity contribution < 1.29 is 24.0 Å². The highest BCUT2D eigenvalue weighted by atomic mass is 16.5. The maximum Gasteiger partial charge on any atom is 0.378 e. The van der Waals surface area contributed by atoms with Gasteiger partial charge in [0.2, 0.25) is 5.56 Å². The van der Waals surface area contributed by atoms with Gasteiger partial charge >= 0.3 is 17.1 Å². The number of morpholine rings is 1. The molecule has 0 spiro atoms. The number of H-pyrrole nitrogens is 2. The van der Waals surface area contributed by atoms with E-state index in [9.17, 15) is 19.5 Å². The normalized spacial score (nSPS) is 16.6. The van der Waals surface area contributed by atoms with Gasteiger partial charge in [0.05, 0.1) is 43.3 Å². The topological polar surface area (TPSA) is 149 Å². The first kappa shape index (κ1) is 23.1. The number of carbonyl (C=O) groups is 2. The molecule has 1 aliphatic carbocycles. The summed E-state index contributed by atoms with van der Waals surface area (Å²) in [6.07, 6.45) is 3.16. The molecule has 0 radical (unpaired) electrons. The van der Waals surface area contributed by atoms with E-state index in [4.69, 9.17) is 4.74 Å². The number of hydrogen-bond donors (Lipinski definition) is 4. The van der Waals surface area contributed by atoms with Gasteiger partial charge in [-0.05, 0) is 18.3 Å². The molecule has 0 aromatic carbocycles. The number of aromatic amines is 2. The lowest BCUT2D eigenvalue weighted by Crippen LogP contribution is -2.47. The van der Waals surface area contributed by atoms with Crippen LogP contribution in [0.25, 0.3) is 17.0 Å². The first-order chi connectivity index (χ1) is 16.6. The number of nitrogens with zero attached hydrogens (tertiary/aromatic N) is 4. The van der Waals surface area contributed by atoms with Gasteiger partial charge in [-0.3, -0.25) is 14.7 Å². The van der Waals surface area contributed by atoms with Crippen molar-refractivity contribution in [2.24, 2.45) is 5.41 Å². The third-order valence-electron chi connectivity index (χ3n) is 6.12. The van der Waals surface area contributed by atoms with Crippen LogP contribution in [0.3, 0.4) is 0 Å². The molecule has 3 aromatic rings. The molecule has 12 heteroatoms. The predicted molar refractivity (Wildman–Crippen MR) is 124 cm³/mol. The fraction of sp³-hybridized carbons (Fsp3) is 0.522. The summed E-state index contributed by atoms with van der Waals surface area (Å²) < 4.78 is 8.11. The van der Waals surface area contributed by atoms with E-state index in [0.29, 0.717) is 55.4 Å². The van der Waals surface area contributed by atoms with Gasteiger partial charge < -0.3 is 20.1 Å². The van der Waals surface area contributed by atoms with Crippen LogP contribution in [0.5, 0.6) is 5.88 Å². The number of nitrogens with one attached hydrogen (secondary N) is 3. The van der Waals surface area contributed by atoms with Crippen molar-refractivity contribution in [1.82, 2.24) is 30.0 Å². The molecule has 2 amide bonds. The van der Waals surface area contributed by atoms with Crippen LogP contribution in [-0.2, 0) is 11.3 Å². The average Bonchev–Trinajstić information content (AvgIpc) is 3.31. The van der Waals surface area contributed by atoms with Crippen molar-refractivity contribution in [3.8, 4) is 17.3 Å². The number of ether oxygens (including phenoxy) is 1. The SMILES string of the molecule is CC(C)(C)C[n+]1c(O)c(C(=O)NC2CC2)c(=O)n2[nH]c(-c3[nH]ncc3C(=O)N3CCOCC3)cc21. The highest BCUT2D eigenvalue weighted by molar-refractivity contribution is 5.99. The Morgan fingerprint density at radius 3 is 2.66 bits per heavy atom. The molecule has 12 nitrogen and oxygen atoms in total. The van der Waals surface area contributed by atoms with E-state index < -0.39 is 11.5 Å². The monoisotopic (exact) mass is 484 g/mol. The van der Waals surface area contributed by atoms with Gasteiger partial charge in [0, 0.05) is 19.1 Å². The van der Waals surface area contributed by atoms with Crippen LogP contribution in [-0.4, -0.2) is 74.0 Å². The van der Waals surface area contributed by atoms with E-state index >= 15 is 0 Å². The molecule has 1 aliphatic heterocycles. The molecule has 1 saturated heterocycles. The summed E-state index contributed by atoms with van der Waals surface area (Å²) >= 11 is 0. The number of amides is 2. The Morgan fingerprint density at radius 1 is 1.29 bits per heavy atom. The molecule has 2 fully saturated rings. The van der Waals surface area contributed by atoms with Crippen molar-refractivity contribution in [3.63, 3.8) is 0 Å². The molecule has 0 bridgehead atoms. The molecule has 4 N–H and O–H groups in total. The second-order valence-electron chi connectivity index (χ2n) is 10.3. The Morgan fingerprint density at radius 2 is 2.00 bits per heavy atom. The smallest absolute Gasteiger partial charge is 0.378 e. The first-order valence-corrected chi connectivity index (χ1v) is 11.8. The lowest BCUT2D eigenvalue weighted by molar-refractivity contribution is -0.692. The number of aromatic nitrogens is 5. The summed E-state index contributed by atoms with van der Waals surface area (Å²) in [5.41, 5.74) is 0.291. The summed E-state index contributed by atoms with van der Waals surface area (Å²) in [7, 11) is 0. The molecule has 1 saturated carbocycles. The van der Waals surface area contributed by atoms with Crippen molar-refractivity contribution in [2.45, 2.75) is 46.2 Å². The van der Waals surface area contributed by atoms with Crippen LogP contribution in [0.2, 0.25) is 0 Å². The summed E-state index contributed by atoms with van der Waals surface area (Å²) in [4.78, 5) is 41.0. The van der Waals surface area contributed by atoms with Gasteiger partial charge in [0.25, 0.3) is 11.8 Å². The Balaban J connectivity index is 1.63. The van der Waals surface area contributed by atoms with Crippen LogP contribution in [0.15, 0.2) is 17.1 Å². The summed E-state index contributed by atoms with van der Waals surface area (Å²) in [5.74, 6) is -1.19. The zero-order valence-electron chi connectivity index (χ0n) is 20.1. The molecule has 3 aromatic heterocycles. The van der Waals surface area contributed by atoms with E-state index in [1.165, 1.54) is 10.7 Å². The van der Waals surface area contributed by atoms with Crippen molar-refractivity contribution in [2.75, 3.05) is 26.3 Å². The van der Waals surface area contributed by atoms with E-state index in [2.05, 4.69) is 20.6 Å². The molecular weight excluding hydrogens is 454 g/mol. The standard InChI is InChI=1S/C23H29N7O5/c1-23(2,3)12-29-16-10-15(18-14(11-24-26-18)20(32)28-6-8-35-9-7-28)27-30(16)22(34)17(21(29)33)19(31)25-13-4-5-13/h10-11,13H,4-9,12H2,1-3H3,(H3,24,25,26,27,31,32,33,34)/p+1. The second-order valence-corrected chi connectivity index (χ2v) is 10.3. The van der Waals surface area contributed by atoms with Gasteiger partial charge in [-0.25, -0.2) is 9.89 Å². The first-order valence-electron chi connectivity index (χ1n) is 11.8. The minimum Gasteiger partial charge on any atom is -0.477 e. The van der Waals surface area contributed by atoms with Crippen molar-refractivity contribution in [1.29, 1.82) is 0 Å². The summed E-state index contributed by atoms with van der Waals surface area (Å²) in [6.45, 7) is 8.22. The molecule has 186 valence electrons. The number of aromatic hydroxyl groups is 1. The predicted octanol–water partition coefficient (Wildman–Crippen LogP) is 0.422. The number of carbonyl (C=O) groups excluding carboxylic acids is 2. The van der Waals surface area contributed by atoms with Gasteiger partial charge in [-0.1, -0.05) is 25.3 Å². The third kappa shape index (κ3) is 4.41. The van der Waals surface area contributed by atoms with E-state index in [1.54, 1.807) is 15.5 Å². The number of rotatable bonds is 5. The van der Waals surface area contributed by atoms with E-state index in [0.717, 1.165) is 12.8 Å². The molecule has 35 heavy (non-hydrogen) atoms. The number of fused-ring (bicyclic) bond motifs is 1. The lowest BCUT2D eigenvalue weighted by atomic mass is 9.96. The average molecular weight is 485 g/mol. The zero-order valence-corrected chi connectivity index (χ0v) is 20.1. The zero-order chi connectivity index (χ0) is 24.9. The summed E-state index contributed by atoms with van der Waals surface area (Å²) in [6, 6.07) is 1.69. The fourth-order valence-electron chi connectivity index (χ4n) is 4.24. The van der Waals surface area contributed by atoms with Crippen LogP contribution in [0, 0.1) is 5.41 Å². The lowest BCUT2D eigenvalue weighted by Gasteiger charge is -2.26. The number of hydrogen-bond acceptors (Lipinski definition) is 6. The Bertz CT molecular complexity index is 1350. The Hall–Kier alpha value is -3.67. The van der Waals surface area contributed by atoms with Gasteiger partial charge in [0.15, 0.2) is 0 Å². The van der Waals surface area contributed by atoms with E-state index in [1.807, 2.05) is 20.8 Å². The molecule has 4 heterocycles. The summed E-state index contributed by atoms with van der Waals surface area (Å²) in [5, 5.41) is 23.8. The highest BCUT2D eigenvalue weighted by Crippen LogP contribution is 2.25. The minimum absolute atomic E-state index is 0.0241. The molecule has 5 rings (SSSR count). The van der Waals surface area contributed by atoms with Crippen LogP contribution >= 0.6 is 0 Å². The third-order valence-corrected chi connectivity index (χ3v) is 6.12.